The number of amides is 4. The number of nitrogens with zero attached hydrogens (tertiary/aromatic N) is 1. The maximum atomic E-state index is 13.1. The first kappa shape index (κ1) is 20.7. The number of methoxy groups -OCH3 is 1. The third kappa shape index (κ3) is 3.92. The number of anilines is 1. The summed E-state index contributed by atoms with van der Waals surface area (Å²) < 4.78 is 5.24. The van der Waals surface area contributed by atoms with Crippen LogP contribution in [0.5, 0.6) is 5.75 Å². The maximum Gasteiger partial charge on any atom is 0.325 e. The number of imide groups is 1. The summed E-state index contributed by atoms with van der Waals surface area (Å²) in [4.78, 5) is 39.0. The maximum absolute atomic E-state index is 13.1. The zero-order valence-corrected chi connectivity index (χ0v) is 17.7. The molecule has 0 unspecified atom stereocenters. The largest absolute Gasteiger partial charge is 0.497 e. The van der Waals surface area contributed by atoms with Crippen LogP contribution >= 0.6 is 11.6 Å². The van der Waals surface area contributed by atoms with E-state index in [0.717, 1.165) is 21.4 Å². The van der Waals surface area contributed by atoms with Gasteiger partial charge in [-0.15, -0.1) is 0 Å². The fraction of sp³-hybridized carbons (Fsp3) is 0.174. The highest BCUT2D eigenvalue weighted by molar-refractivity contribution is 6.30. The van der Waals surface area contributed by atoms with Crippen molar-refractivity contribution in [3.8, 4) is 5.75 Å². The predicted molar refractivity (Wildman–Crippen MR) is 118 cm³/mol. The number of nitrogens with one attached hydrogen (secondary N) is 2. The molecule has 7 nitrogen and oxygen atoms in total. The number of hydrogen-bond acceptors (Lipinski definition) is 4. The van der Waals surface area contributed by atoms with Crippen molar-refractivity contribution in [2.24, 2.45) is 0 Å². The number of benzene rings is 3. The van der Waals surface area contributed by atoms with Crippen molar-refractivity contribution in [1.29, 1.82) is 0 Å². The first-order valence-corrected chi connectivity index (χ1v) is 9.96. The van der Waals surface area contributed by atoms with Crippen LogP contribution in [0, 0.1) is 0 Å². The first-order chi connectivity index (χ1) is 14.8. The molecule has 0 aromatic heterocycles. The van der Waals surface area contributed by atoms with Crippen molar-refractivity contribution >= 4 is 45.9 Å². The molecule has 2 N–H and O–H groups in total. The Morgan fingerprint density at radius 3 is 2.58 bits per heavy atom. The van der Waals surface area contributed by atoms with Gasteiger partial charge in [-0.25, -0.2) is 4.79 Å². The number of halogens is 1. The summed E-state index contributed by atoms with van der Waals surface area (Å²) in [7, 11) is 1.60. The molecular weight excluding hydrogens is 418 g/mol. The van der Waals surface area contributed by atoms with Gasteiger partial charge < -0.3 is 15.4 Å². The van der Waals surface area contributed by atoms with Gasteiger partial charge in [-0.1, -0.05) is 35.9 Å². The summed E-state index contributed by atoms with van der Waals surface area (Å²) in [5, 5.41) is 7.68. The van der Waals surface area contributed by atoms with Crippen molar-refractivity contribution in [2.45, 2.75) is 12.5 Å². The second-order valence-corrected chi connectivity index (χ2v) is 7.87. The van der Waals surface area contributed by atoms with Crippen LogP contribution in [0.4, 0.5) is 10.5 Å². The Morgan fingerprint density at radius 2 is 1.84 bits per heavy atom. The highest BCUT2D eigenvalue weighted by Gasteiger charge is 2.49. The molecular formula is C23H20ClN3O4. The highest BCUT2D eigenvalue weighted by atomic mass is 35.5. The van der Waals surface area contributed by atoms with Crippen LogP contribution < -0.4 is 15.4 Å². The average Bonchev–Trinajstić information content (AvgIpc) is 2.96. The number of ether oxygens (including phenoxy) is 1. The van der Waals surface area contributed by atoms with E-state index in [1.165, 1.54) is 0 Å². The lowest BCUT2D eigenvalue weighted by Gasteiger charge is -2.22. The summed E-state index contributed by atoms with van der Waals surface area (Å²) in [6.07, 6.45) is 0. The Bertz CT molecular complexity index is 1210. The predicted octanol–water partition coefficient (Wildman–Crippen LogP) is 3.91. The van der Waals surface area contributed by atoms with Gasteiger partial charge in [0.1, 0.15) is 17.8 Å². The Balaban J connectivity index is 1.55. The van der Waals surface area contributed by atoms with E-state index in [4.69, 9.17) is 16.3 Å². The number of hydrogen-bond donors (Lipinski definition) is 2. The molecule has 0 bridgehead atoms. The molecule has 8 heteroatoms. The molecule has 3 aromatic rings. The van der Waals surface area contributed by atoms with E-state index >= 15 is 0 Å². The molecule has 0 saturated carbocycles. The second-order valence-electron chi connectivity index (χ2n) is 7.43. The second kappa shape index (κ2) is 7.92. The van der Waals surface area contributed by atoms with Gasteiger partial charge in [0.2, 0.25) is 5.91 Å². The molecule has 4 amide bonds. The van der Waals surface area contributed by atoms with E-state index < -0.39 is 29.9 Å². The first-order valence-electron chi connectivity index (χ1n) is 9.58. The van der Waals surface area contributed by atoms with Gasteiger partial charge in [-0.3, -0.25) is 14.5 Å². The summed E-state index contributed by atoms with van der Waals surface area (Å²) in [6, 6.07) is 17.1. The smallest absolute Gasteiger partial charge is 0.325 e. The third-order valence-corrected chi connectivity index (χ3v) is 5.54. The lowest BCUT2D eigenvalue weighted by molar-refractivity contribution is -0.133. The molecule has 1 aliphatic rings. The van der Waals surface area contributed by atoms with Crippen molar-refractivity contribution < 1.29 is 19.1 Å². The monoisotopic (exact) mass is 437 g/mol. The molecule has 158 valence electrons. The zero-order chi connectivity index (χ0) is 22.2. The van der Waals surface area contributed by atoms with Crippen LogP contribution in [0.3, 0.4) is 0 Å². The van der Waals surface area contributed by atoms with Crippen LogP contribution in [0.25, 0.3) is 10.8 Å². The van der Waals surface area contributed by atoms with E-state index in [1.807, 2.05) is 30.3 Å². The van der Waals surface area contributed by atoms with Gasteiger partial charge >= 0.3 is 6.03 Å². The lowest BCUT2D eigenvalue weighted by atomic mass is 9.90. The topological polar surface area (TPSA) is 87.7 Å². The molecule has 1 fully saturated rings. The van der Waals surface area contributed by atoms with Crippen LogP contribution in [-0.2, 0) is 15.1 Å². The Kier molecular flexibility index (Phi) is 5.29. The summed E-state index contributed by atoms with van der Waals surface area (Å²) in [5.41, 5.74) is -0.166. The Labute approximate surface area is 183 Å². The molecule has 4 rings (SSSR count). The van der Waals surface area contributed by atoms with Crippen LogP contribution in [0.2, 0.25) is 5.02 Å². The van der Waals surface area contributed by atoms with Crippen molar-refractivity contribution in [2.75, 3.05) is 19.0 Å². The summed E-state index contributed by atoms with van der Waals surface area (Å²) in [6.45, 7) is 1.23. The van der Waals surface area contributed by atoms with Gasteiger partial charge in [0, 0.05) is 10.7 Å². The van der Waals surface area contributed by atoms with E-state index in [2.05, 4.69) is 10.6 Å². The van der Waals surface area contributed by atoms with E-state index in [-0.39, 0.29) is 0 Å². The fourth-order valence-electron chi connectivity index (χ4n) is 3.61. The number of rotatable bonds is 5. The highest BCUT2D eigenvalue weighted by Crippen LogP contribution is 2.32. The molecule has 0 radical (unpaired) electrons. The normalized spacial score (nSPS) is 18.2. The number of fused-ring (bicyclic) bond motifs is 1. The van der Waals surface area contributed by atoms with Gasteiger partial charge in [-0.2, -0.15) is 0 Å². The van der Waals surface area contributed by atoms with Crippen LogP contribution in [0.1, 0.15) is 12.5 Å². The zero-order valence-electron chi connectivity index (χ0n) is 16.9. The van der Waals surface area contributed by atoms with Crippen molar-refractivity contribution in [1.82, 2.24) is 10.2 Å². The quantitative estimate of drug-likeness (QED) is 0.592. The van der Waals surface area contributed by atoms with E-state index in [0.29, 0.717) is 16.3 Å². The lowest BCUT2D eigenvalue weighted by Crippen LogP contribution is -2.42. The Hall–Kier alpha value is -3.58. The molecule has 1 heterocycles. The minimum Gasteiger partial charge on any atom is -0.497 e. The number of urea groups is 1. The minimum atomic E-state index is -1.28. The molecule has 31 heavy (non-hydrogen) atoms. The molecule has 0 spiro atoms. The average molecular weight is 438 g/mol. The molecule has 3 aromatic carbocycles. The van der Waals surface area contributed by atoms with Gasteiger partial charge in [0.15, 0.2) is 0 Å². The third-order valence-electron chi connectivity index (χ3n) is 5.31. The molecule has 0 aliphatic carbocycles. The minimum absolute atomic E-state index is 0.405. The fourth-order valence-corrected chi connectivity index (χ4v) is 3.80. The van der Waals surface area contributed by atoms with E-state index in [1.54, 1.807) is 44.4 Å². The standard InChI is InChI=1S/C23H20ClN3O4/c1-23(16-8-6-15-11-19(31-2)9-7-14(15)10-16)21(29)27(22(30)26-23)13-20(28)25-18-5-3-4-17(24)12-18/h3-12H,13H2,1-2H3,(H,25,28)(H,26,30)/t23-/m0/s1. The SMILES string of the molecule is COc1ccc2cc([C@]3(C)NC(=O)N(CC(=O)Nc4cccc(Cl)c4)C3=O)ccc2c1. The van der Waals surface area contributed by atoms with E-state index in [9.17, 15) is 14.4 Å². The summed E-state index contributed by atoms with van der Waals surface area (Å²) in [5.74, 6) is -0.263. The van der Waals surface area contributed by atoms with Crippen molar-refractivity contribution in [3.63, 3.8) is 0 Å². The van der Waals surface area contributed by atoms with Gasteiger partial charge in [0.05, 0.1) is 7.11 Å². The van der Waals surface area contributed by atoms with Crippen molar-refractivity contribution in [3.05, 3.63) is 71.2 Å². The van der Waals surface area contributed by atoms with Crippen LogP contribution in [-0.4, -0.2) is 36.4 Å². The number of carbonyl (C=O) groups is 3. The summed E-state index contributed by atoms with van der Waals surface area (Å²) >= 11 is 5.92. The van der Waals surface area contributed by atoms with Gasteiger partial charge in [0.25, 0.3) is 5.91 Å². The number of carbonyl (C=O) groups excluding carboxylic acids is 3. The molecule has 1 atom stereocenters. The molecule has 1 aliphatic heterocycles. The Morgan fingerprint density at radius 1 is 1.10 bits per heavy atom. The van der Waals surface area contributed by atoms with Crippen LogP contribution in [0.15, 0.2) is 60.7 Å². The van der Waals surface area contributed by atoms with Gasteiger partial charge in [-0.05, 0) is 59.7 Å². The molecule has 1 saturated heterocycles.